The van der Waals surface area contributed by atoms with Crippen LogP contribution in [0.1, 0.15) is 16.7 Å². The molecule has 0 aliphatic carbocycles. The van der Waals surface area contributed by atoms with Crippen LogP contribution in [0.3, 0.4) is 0 Å². The van der Waals surface area contributed by atoms with E-state index in [1.807, 2.05) is 13.8 Å². The Morgan fingerprint density at radius 2 is 1.92 bits per heavy atom. The number of nitrogens with zero attached hydrogens (tertiary/aromatic N) is 1. The fourth-order valence-corrected chi connectivity index (χ4v) is 1.03. The van der Waals surface area contributed by atoms with E-state index in [1.54, 1.807) is 12.1 Å². The highest BCUT2D eigenvalue weighted by Gasteiger charge is 2.02. The Balaban J connectivity index is 3.26. The minimum atomic E-state index is 0.266. The molecule has 3 heteroatoms. The summed E-state index contributed by atoms with van der Waals surface area (Å²) in [6.45, 7) is 3.69. The first kappa shape index (κ1) is 8.59. The van der Waals surface area contributed by atoms with Gasteiger partial charge in [0.25, 0.3) is 0 Å². The molecular formula is C9H11NO2. The van der Waals surface area contributed by atoms with Gasteiger partial charge in [-0.3, -0.25) is 0 Å². The van der Waals surface area contributed by atoms with Crippen molar-refractivity contribution < 1.29 is 10.3 Å². The number of hydrogen-bond acceptors (Lipinski definition) is 3. The maximum absolute atomic E-state index is 9.29. The summed E-state index contributed by atoms with van der Waals surface area (Å²) in [5.74, 6) is 0.266. The van der Waals surface area contributed by atoms with Gasteiger partial charge < -0.3 is 10.3 Å². The molecule has 0 amide bonds. The molecule has 0 bridgehead atoms. The number of rotatable bonds is 1. The topological polar surface area (TPSA) is 52.8 Å². The van der Waals surface area contributed by atoms with E-state index in [1.165, 1.54) is 6.21 Å². The van der Waals surface area contributed by atoms with Gasteiger partial charge in [-0.2, -0.15) is 0 Å². The predicted octanol–water partition coefficient (Wildman–Crippen LogP) is 1.82. The summed E-state index contributed by atoms with van der Waals surface area (Å²) >= 11 is 0. The van der Waals surface area contributed by atoms with E-state index in [0.717, 1.165) is 16.7 Å². The molecule has 64 valence electrons. The summed E-state index contributed by atoms with van der Waals surface area (Å²) in [7, 11) is 0. The average Bonchev–Trinajstić information content (AvgIpc) is 2.07. The number of oxime groups is 1. The van der Waals surface area contributed by atoms with E-state index < -0.39 is 0 Å². The summed E-state index contributed by atoms with van der Waals surface area (Å²) in [5, 5.41) is 20.5. The van der Waals surface area contributed by atoms with Crippen LogP contribution in [0, 0.1) is 13.8 Å². The van der Waals surface area contributed by atoms with Crippen LogP contribution in [-0.4, -0.2) is 16.5 Å². The molecule has 0 aliphatic rings. The third kappa shape index (κ3) is 1.39. The van der Waals surface area contributed by atoms with Crippen LogP contribution >= 0.6 is 0 Å². The Bertz CT molecular complexity index is 319. The van der Waals surface area contributed by atoms with E-state index in [9.17, 15) is 5.11 Å². The van der Waals surface area contributed by atoms with Crippen LogP contribution in [0.4, 0.5) is 0 Å². The highest BCUT2D eigenvalue weighted by molar-refractivity contribution is 5.82. The molecule has 1 aromatic carbocycles. The van der Waals surface area contributed by atoms with Crippen molar-refractivity contribution in [2.45, 2.75) is 13.8 Å². The second kappa shape index (κ2) is 3.26. The van der Waals surface area contributed by atoms with Crippen molar-refractivity contribution in [3.05, 3.63) is 28.8 Å². The molecule has 0 fully saturated rings. The maximum atomic E-state index is 9.29. The van der Waals surface area contributed by atoms with E-state index in [-0.39, 0.29) is 5.75 Å². The van der Waals surface area contributed by atoms with E-state index >= 15 is 0 Å². The lowest BCUT2D eigenvalue weighted by atomic mass is 10.0. The highest BCUT2D eigenvalue weighted by atomic mass is 16.4. The van der Waals surface area contributed by atoms with Gasteiger partial charge in [0, 0.05) is 0 Å². The molecule has 0 atom stereocenters. The average molecular weight is 165 g/mol. The van der Waals surface area contributed by atoms with Crippen molar-refractivity contribution in [1.82, 2.24) is 0 Å². The summed E-state index contributed by atoms with van der Waals surface area (Å²) in [4.78, 5) is 0. The van der Waals surface area contributed by atoms with Crippen LogP contribution in [0.25, 0.3) is 0 Å². The fraction of sp³-hybridized carbons (Fsp3) is 0.222. The first-order chi connectivity index (χ1) is 5.66. The molecule has 1 rings (SSSR count). The van der Waals surface area contributed by atoms with Gasteiger partial charge in [-0.25, -0.2) is 0 Å². The number of phenolic OH excluding ortho intramolecular Hbond substituents is 1. The minimum Gasteiger partial charge on any atom is -0.508 e. The molecular weight excluding hydrogens is 154 g/mol. The largest absolute Gasteiger partial charge is 0.508 e. The lowest BCUT2D eigenvalue weighted by Gasteiger charge is -2.05. The number of aromatic hydroxyl groups is 1. The van der Waals surface area contributed by atoms with Gasteiger partial charge in [0.2, 0.25) is 0 Å². The first-order valence-corrected chi connectivity index (χ1v) is 3.63. The van der Waals surface area contributed by atoms with Crippen molar-refractivity contribution in [2.24, 2.45) is 5.16 Å². The molecule has 0 aliphatic heterocycles. The summed E-state index contributed by atoms with van der Waals surface area (Å²) < 4.78 is 0. The normalized spacial score (nSPS) is 10.8. The van der Waals surface area contributed by atoms with Crippen LogP contribution < -0.4 is 0 Å². The molecule has 0 saturated carbocycles. The monoisotopic (exact) mass is 165 g/mol. The van der Waals surface area contributed by atoms with Crippen molar-refractivity contribution in [1.29, 1.82) is 0 Å². The van der Waals surface area contributed by atoms with Crippen LogP contribution in [0.15, 0.2) is 17.3 Å². The van der Waals surface area contributed by atoms with Gasteiger partial charge in [0.15, 0.2) is 0 Å². The summed E-state index contributed by atoms with van der Waals surface area (Å²) in [5.41, 5.74) is 2.55. The number of phenols is 1. The first-order valence-electron chi connectivity index (χ1n) is 3.63. The van der Waals surface area contributed by atoms with Crippen molar-refractivity contribution in [3.63, 3.8) is 0 Å². The molecule has 12 heavy (non-hydrogen) atoms. The van der Waals surface area contributed by atoms with E-state index in [4.69, 9.17) is 5.21 Å². The Kier molecular flexibility index (Phi) is 2.33. The Morgan fingerprint density at radius 3 is 2.50 bits per heavy atom. The zero-order chi connectivity index (χ0) is 9.14. The van der Waals surface area contributed by atoms with Crippen molar-refractivity contribution in [3.8, 4) is 5.75 Å². The Labute approximate surface area is 71.0 Å². The van der Waals surface area contributed by atoms with E-state index in [0.29, 0.717) is 0 Å². The zero-order valence-corrected chi connectivity index (χ0v) is 7.07. The zero-order valence-electron chi connectivity index (χ0n) is 7.07. The second-order valence-corrected chi connectivity index (χ2v) is 2.67. The Morgan fingerprint density at radius 1 is 1.25 bits per heavy atom. The van der Waals surface area contributed by atoms with Gasteiger partial charge in [0.1, 0.15) is 5.75 Å². The molecule has 3 nitrogen and oxygen atoms in total. The van der Waals surface area contributed by atoms with Crippen LogP contribution in [0.5, 0.6) is 5.75 Å². The SMILES string of the molecule is Cc1c(O)ccc(/C=N/O)c1C. The highest BCUT2D eigenvalue weighted by Crippen LogP contribution is 2.21. The smallest absolute Gasteiger partial charge is 0.118 e. The molecule has 0 spiro atoms. The lowest BCUT2D eigenvalue weighted by Crippen LogP contribution is -1.90. The third-order valence-electron chi connectivity index (χ3n) is 2.00. The molecule has 0 saturated heterocycles. The molecule has 2 N–H and O–H groups in total. The maximum Gasteiger partial charge on any atom is 0.118 e. The fourth-order valence-electron chi connectivity index (χ4n) is 1.03. The molecule has 0 unspecified atom stereocenters. The van der Waals surface area contributed by atoms with Crippen LogP contribution in [-0.2, 0) is 0 Å². The van der Waals surface area contributed by atoms with Gasteiger partial charge in [-0.15, -0.1) is 0 Å². The molecule has 0 heterocycles. The predicted molar refractivity (Wildman–Crippen MR) is 47.0 cm³/mol. The minimum absolute atomic E-state index is 0.266. The molecule has 0 radical (unpaired) electrons. The lowest BCUT2D eigenvalue weighted by molar-refractivity contribution is 0.322. The van der Waals surface area contributed by atoms with Crippen molar-refractivity contribution in [2.75, 3.05) is 0 Å². The molecule has 0 aromatic heterocycles. The standard InChI is InChI=1S/C9H11NO2/c1-6-7(2)9(11)4-3-8(6)5-10-12/h3-5,11-12H,1-2H3/b10-5+. The number of benzene rings is 1. The van der Waals surface area contributed by atoms with Gasteiger partial charge in [0.05, 0.1) is 6.21 Å². The van der Waals surface area contributed by atoms with Gasteiger partial charge in [-0.1, -0.05) is 5.16 Å². The quantitative estimate of drug-likeness (QED) is 0.379. The summed E-state index contributed by atoms with van der Waals surface area (Å²) in [6, 6.07) is 3.29. The Hall–Kier alpha value is -1.51. The second-order valence-electron chi connectivity index (χ2n) is 2.67. The number of hydrogen-bond donors (Lipinski definition) is 2. The summed E-state index contributed by atoms with van der Waals surface area (Å²) in [6.07, 6.45) is 1.35. The van der Waals surface area contributed by atoms with Gasteiger partial charge >= 0.3 is 0 Å². The van der Waals surface area contributed by atoms with Crippen molar-refractivity contribution >= 4 is 6.21 Å². The molecule has 1 aromatic rings. The van der Waals surface area contributed by atoms with Crippen LogP contribution in [0.2, 0.25) is 0 Å². The van der Waals surface area contributed by atoms with Gasteiger partial charge in [-0.05, 0) is 42.7 Å². The third-order valence-corrected chi connectivity index (χ3v) is 2.00. The van der Waals surface area contributed by atoms with E-state index in [2.05, 4.69) is 5.16 Å².